The van der Waals surface area contributed by atoms with E-state index in [-0.39, 0.29) is 12.5 Å². The second kappa shape index (κ2) is 10.5. The third-order valence-corrected chi connectivity index (χ3v) is 5.19. The molecule has 0 saturated heterocycles. The number of nitrogens with one attached hydrogen (secondary N) is 1. The minimum Gasteiger partial charge on any atom is -0.459 e. The fourth-order valence-electron chi connectivity index (χ4n) is 2.85. The SMILES string of the molecule is CSc1ccc(COC(=O)[C@H](Cc2ccccc2)NC(=O)c2ccccc2)cc1. The molecule has 1 atom stereocenters. The van der Waals surface area contributed by atoms with Gasteiger partial charge in [-0.1, -0.05) is 60.7 Å². The molecule has 29 heavy (non-hydrogen) atoms. The fraction of sp³-hybridized carbons (Fsp3) is 0.167. The van der Waals surface area contributed by atoms with Gasteiger partial charge in [-0.15, -0.1) is 11.8 Å². The molecule has 5 heteroatoms. The van der Waals surface area contributed by atoms with Gasteiger partial charge in [0.2, 0.25) is 0 Å². The summed E-state index contributed by atoms with van der Waals surface area (Å²) in [6.07, 6.45) is 2.38. The second-order valence-corrected chi connectivity index (χ2v) is 7.42. The quantitative estimate of drug-likeness (QED) is 0.443. The first-order chi connectivity index (χ1) is 14.2. The molecule has 0 bridgehead atoms. The highest BCUT2D eigenvalue weighted by molar-refractivity contribution is 7.98. The van der Waals surface area contributed by atoms with Gasteiger partial charge in [0.15, 0.2) is 0 Å². The normalized spacial score (nSPS) is 11.5. The first kappa shape index (κ1) is 20.7. The van der Waals surface area contributed by atoms with Gasteiger partial charge in [-0.05, 0) is 41.6 Å². The number of benzene rings is 3. The lowest BCUT2D eigenvalue weighted by atomic mass is 10.1. The molecule has 1 N–H and O–H groups in total. The predicted octanol–water partition coefficient (Wildman–Crippen LogP) is 4.49. The van der Waals surface area contributed by atoms with Gasteiger partial charge in [-0.3, -0.25) is 4.79 Å². The van der Waals surface area contributed by atoms with Crippen LogP contribution in [0, 0.1) is 0 Å². The Balaban J connectivity index is 1.68. The molecule has 1 amide bonds. The largest absolute Gasteiger partial charge is 0.459 e. The third kappa shape index (κ3) is 6.22. The summed E-state index contributed by atoms with van der Waals surface area (Å²) in [6, 6.07) is 25.5. The Morgan fingerprint density at radius 1 is 0.862 bits per heavy atom. The average molecular weight is 406 g/mol. The van der Waals surface area contributed by atoms with Crippen LogP contribution >= 0.6 is 11.8 Å². The Labute approximate surface area is 175 Å². The average Bonchev–Trinajstić information content (AvgIpc) is 2.78. The van der Waals surface area contributed by atoms with Gasteiger partial charge in [-0.2, -0.15) is 0 Å². The van der Waals surface area contributed by atoms with E-state index in [2.05, 4.69) is 5.32 Å². The van der Waals surface area contributed by atoms with Gasteiger partial charge in [0.1, 0.15) is 12.6 Å². The summed E-state index contributed by atoms with van der Waals surface area (Å²) >= 11 is 1.66. The number of amides is 1. The molecule has 3 aromatic rings. The molecule has 0 fully saturated rings. The van der Waals surface area contributed by atoms with Crippen molar-refractivity contribution in [2.45, 2.75) is 24.0 Å². The number of thioether (sulfide) groups is 1. The molecular formula is C24H23NO3S. The van der Waals surface area contributed by atoms with Gasteiger partial charge in [0, 0.05) is 16.9 Å². The molecule has 0 aliphatic carbocycles. The molecule has 148 valence electrons. The lowest BCUT2D eigenvalue weighted by Gasteiger charge is -2.18. The number of esters is 1. The van der Waals surface area contributed by atoms with Crippen molar-refractivity contribution in [3.05, 3.63) is 102 Å². The van der Waals surface area contributed by atoms with Crippen LogP contribution in [0.25, 0.3) is 0 Å². The molecule has 0 aliphatic rings. The minimum absolute atomic E-state index is 0.167. The molecule has 0 aromatic heterocycles. The van der Waals surface area contributed by atoms with Crippen molar-refractivity contribution in [1.82, 2.24) is 5.32 Å². The van der Waals surface area contributed by atoms with Crippen LogP contribution in [0.15, 0.2) is 89.8 Å². The smallest absolute Gasteiger partial charge is 0.329 e. The number of rotatable bonds is 8. The highest BCUT2D eigenvalue weighted by Crippen LogP contribution is 2.15. The van der Waals surface area contributed by atoms with Crippen LogP contribution in [0.3, 0.4) is 0 Å². The van der Waals surface area contributed by atoms with E-state index in [1.807, 2.05) is 66.9 Å². The van der Waals surface area contributed by atoms with Gasteiger partial charge in [-0.25, -0.2) is 4.79 Å². The molecule has 3 aromatic carbocycles. The molecule has 0 aliphatic heterocycles. The van der Waals surface area contributed by atoms with Gasteiger partial charge in [0.05, 0.1) is 0 Å². The zero-order valence-corrected chi connectivity index (χ0v) is 17.0. The third-order valence-electron chi connectivity index (χ3n) is 4.45. The van der Waals surface area contributed by atoms with Gasteiger partial charge in [0.25, 0.3) is 5.91 Å². The standard InChI is InChI=1S/C24H23NO3S/c1-29-21-14-12-19(13-15-21)17-28-24(27)22(16-18-8-4-2-5-9-18)25-23(26)20-10-6-3-7-11-20/h2-15,22H,16-17H2,1H3,(H,25,26)/t22-/m0/s1. The fourth-order valence-corrected chi connectivity index (χ4v) is 3.26. The van der Waals surface area contributed by atoms with E-state index in [0.717, 1.165) is 16.0 Å². The highest BCUT2D eigenvalue weighted by atomic mass is 32.2. The van der Waals surface area contributed by atoms with Crippen molar-refractivity contribution in [3.8, 4) is 0 Å². The zero-order chi connectivity index (χ0) is 20.5. The molecule has 0 unspecified atom stereocenters. The van der Waals surface area contributed by atoms with Crippen LogP contribution in [-0.2, 0) is 22.6 Å². The molecular weight excluding hydrogens is 382 g/mol. The van der Waals surface area contributed by atoms with E-state index in [1.54, 1.807) is 36.0 Å². The molecule has 0 spiro atoms. The Hall–Kier alpha value is -3.05. The number of carbonyl (C=O) groups excluding carboxylic acids is 2. The van der Waals surface area contributed by atoms with Crippen molar-refractivity contribution in [2.24, 2.45) is 0 Å². The van der Waals surface area contributed by atoms with E-state index >= 15 is 0 Å². The number of carbonyl (C=O) groups is 2. The monoisotopic (exact) mass is 405 g/mol. The van der Waals surface area contributed by atoms with Crippen LogP contribution in [-0.4, -0.2) is 24.2 Å². The lowest BCUT2D eigenvalue weighted by Crippen LogP contribution is -2.43. The Morgan fingerprint density at radius 3 is 2.10 bits per heavy atom. The Kier molecular flexibility index (Phi) is 7.47. The van der Waals surface area contributed by atoms with E-state index in [9.17, 15) is 9.59 Å². The molecule has 3 rings (SSSR count). The first-order valence-corrected chi connectivity index (χ1v) is 10.6. The van der Waals surface area contributed by atoms with Crippen LogP contribution in [0.2, 0.25) is 0 Å². The molecule has 0 heterocycles. The van der Waals surface area contributed by atoms with E-state index in [0.29, 0.717) is 12.0 Å². The van der Waals surface area contributed by atoms with Crippen molar-refractivity contribution < 1.29 is 14.3 Å². The summed E-state index contributed by atoms with van der Waals surface area (Å²) in [7, 11) is 0. The Bertz CT molecular complexity index is 927. The first-order valence-electron chi connectivity index (χ1n) is 9.35. The summed E-state index contributed by atoms with van der Waals surface area (Å²) in [6.45, 7) is 0.167. The molecule has 0 radical (unpaired) electrons. The predicted molar refractivity (Wildman–Crippen MR) is 116 cm³/mol. The second-order valence-electron chi connectivity index (χ2n) is 6.54. The maximum absolute atomic E-state index is 12.8. The number of hydrogen-bond donors (Lipinski definition) is 1. The van der Waals surface area contributed by atoms with Crippen LogP contribution in [0.5, 0.6) is 0 Å². The lowest BCUT2D eigenvalue weighted by molar-refractivity contribution is -0.147. The van der Waals surface area contributed by atoms with Gasteiger partial charge >= 0.3 is 5.97 Å². The minimum atomic E-state index is -0.768. The van der Waals surface area contributed by atoms with Gasteiger partial charge < -0.3 is 10.1 Å². The summed E-state index contributed by atoms with van der Waals surface area (Å²) < 4.78 is 5.51. The molecule has 4 nitrogen and oxygen atoms in total. The number of ether oxygens (including phenoxy) is 1. The van der Waals surface area contributed by atoms with Crippen molar-refractivity contribution >= 4 is 23.6 Å². The number of hydrogen-bond acceptors (Lipinski definition) is 4. The molecule has 0 saturated carbocycles. The van der Waals surface area contributed by atoms with E-state index in [1.165, 1.54) is 0 Å². The van der Waals surface area contributed by atoms with E-state index < -0.39 is 12.0 Å². The summed E-state index contributed by atoms with van der Waals surface area (Å²) in [5, 5.41) is 2.82. The maximum Gasteiger partial charge on any atom is 0.329 e. The Morgan fingerprint density at radius 2 is 1.48 bits per heavy atom. The summed E-state index contributed by atoms with van der Waals surface area (Å²) in [5.74, 6) is -0.750. The van der Waals surface area contributed by atoms with Crippen molar-refractivity contribution in [1.29, 1.82) is 0 Å². The van der Waals surface area contributed by atoms with Crippen molar-refractivity contribution in [3.63, 3.8) is 0 Å². The van der Waals surface area contributed by atoms with Crippen LogP contribution < -0.4 is 5.32 Å². The summed E-state index contributed by atoms with van der Waals surface area (Å²) in [4.78, 5) is 26.5. The zero-order valence-electron chi connectivity index (χ0n) is 16.2. The van der Waals surface area contributed by atoms with E-state index in [4.69, 9.17) is 4.74 Å². The van der Waals surface area contributed by atoms with Crippen LogP contribution in [0.4, 0.5) is 0 Å². The van der Waals surface area contributed by atoms with Crippen LogP contribution in [0.1, 0.15) is 21.5 Å². The summed E-state index contributed by atoms with van der Waals surface area (Å²) in [5.41, 5.74) is 2.36. The highest BCUT2D eigenvalue weighted by Gasteiger charge is 2.23. The van der Waals surface area contributed by atoms with Crippen molar-refractivity contribution in [2.75, 3.05) is 6.26 Å². The topological polar surface area (TPSA) is 55.4 Å². The maximum atomic E-state index is 12.8.